The van der Waals surface area contributed by atoms with Crippen LogP contribution in [0.25, 0.3) is 0 Å². The predicted octanol–water partition coefficient (Wildman–Crippen LogP) is 3.39. The molecule has 0 bridgehead atoms. The van der Waals surface area contributed by atoms with Gasteiger partial charge in [-0.1, -0.05) is 42.5 Å². The van der Waals surface area contributed by atoms with Gasteiger partial charge in [-0.25, -0.2) is 4.39 Å². The van der Waals surface area contributed by atoms with Crippen LogP contribution in [-0.4, -0.2) is 55.0 Å². The maximum Gasteiger partial charge on any atom is 0.225 e. The maximum absolute atomic E-state index is 14.0. The van der Waals surface area contributed by atoms with Crippen molar-refractivity contribution in [3.63, 3.8) is 0 Å². The van der Waals surface area contributed by atoms with E-state index in [4.69, 9.17) is 0 Å². The second kappa shape index (κ2) is 8.74. The summed E-state index contributed by atoms with van der Waals surface area (Å²) in [5.41, 5.74) is 1.97. The first-order valence-electron chi connectivity index (χ1n) is 10.3. The average Bonchev–Trinajstić information content (AvgIpc) is 2.75. The molecule has 28 heavy (non-hydrogen) atoms. The fourth-order valence-electron chi connectivity index (χ4n) is 4.31. The molecular formula is C23H28FN3O. The average molecular weight is 381 g/mol. The maximum atomic E-state index is 14.0. The van der Waals surface area contributed by atoms with E-state index in [1.807, 2.05) is 28.0 Å². The molecule has 0 aliphatic carbocycles. The first kappa shape index (κ1) is 18.9. The Hall–Kier alpha value is -2.40. The first-order chi connectivity index (χ1) is 13.7. The normalized spacial score (nSPS) is 19.0. The Morgan fingerprint density at radius 2 is 1.50 bits per heavy atom. The predicted molar refractivity (Wildman–Crippen MR) is 110 cm³/mol. The van der Waals surface area contributed by atoms with Crippen LogP contribution in [0.5, 0.6) is 0 Å². The molecule has 0 saturated carbocycles. The molecule has 2 aliphatic rings. The lowest BCUT2D eigenvalue weighted by molar-refractivity contribution is -0.137. The zero-order chi connectivity index (χ0) is 19.3. The summed E-state index contributed by atoms with van der Waals surface area (Å²) in [5, 5.41) is 0. The fourth-order valence-corrected chi connectivity index (χ4v) is 4.31. The molecule has 0 atom stereocenters. The number of benzene rings is 2. The summed E-state index contributed by atoms with van der Waals surface area (Å²) in [5.74, 6) is 0.229. The van der Waals surface area contributed by atoms with Crippen LogP contribution in [0, 0.1) is 11.7 Å². The minimum atomic E-state index is -0.187. The van der Waals surface area contributed by atoms with E-state index >= 15 is 0 Å². The van der Waals surface area contributed by atoms with Crippen molar-refractivity contribution in [3.05, 3.63) is 66.0 Å². The Kier molecular flexibility index (Phi) is 5.91. The van der Waals surface area contributed by atoms with Crippen LogP contribution in [0.3, 0.4) is 0 Å². The van der Waals surface area contributed by atoms with Gasteiger partial charge in [0, 0.05) is 38.6 Å². The summed E-state index contributed by atoms with van der Waals surface area (Å²) in [6, 6.07) is 17.4. The van der Waals surface area contributed by atoms with Gasteiger partial charge in [-0.3, -0.25) is 9.69 Å². The first-order valence-corrected chi connectivity index (χ1v) is 10.3. The fraction of sp³-hybridized carbons (Fsp3) is 0.435. The number of piperazine rings is 1. The van der Waals surface area contributed by atoms with Crippen LogP contribution >= 0.6 is 0 Å². The van der Waals surface area contributed by atoms with Crippen molar-refractivity contribution in [2.75, 3.05) is 44.2 Å². The Morgan fingerprint density at radius 1 is 0.857 bits per heavy atom. The van der Waals surface area contributed by atoms with Crippen molar-refractivity contribution >= 4 is 11.6 Å². The van der Waals surface area contributed by atoms with E-state index < -0.39 is 0 Å². The molecule has 2 aliphatic heterocycles. The highest BCUT2D eigenvalue weighted by Gasteiger charge is 2.30. The Balaban J connectivity index is 1.25. The van der Waals surface area contributed by atoms with Gasteiger partial charge < -0.3 is 9.80 Å². The van der Waals surface area contributed by atoms with Crippen molar-refractivity contribution in [2.45, 2.75) is 19.4 Å². The minimum absolute atomic E-state index is 0.132. The molecule has 4 nitrogen and oxygen atoms in total. The van der Waals surface area contributed by atoms with Gasteiger partial charge in [0.15, 0.2) is 0 Å². The molecule has 2 fully saturated rings. The van der Waals surface area contributed by atoms with Gasteiger partial charge >= 0.3 is 0 Å². The lowest BCUT2D eigenvalue weighted by Gasteiger charge is -2.39. The summed E-state index contributed by atoms with van der Waals surface area (Å²) in [6.07, 6.45) is 1.86. The SMILES string of the molecule is O=C(C1CCN(Cc2ccccc2)CC1)N1CCN(c2ccccc2F)CC1. The molecule has 5 heteroatoms. The van der Waals surface area contributed by atoms with Gasteiger partial charge in [0.25, 0.3) is 0 Å². The molecule has 2 saturated heterocycles. The van der Waals surface area contributed by atoms with Crippen molar-refractivity contribution < 1.29 is 9.18 Å². The van der Waals surface area contributed by atoms with Crippen molar-refractivity contribution in [1.29, 1.82) is 0 Å². The van der Waals surface area contributed by atoms with Gasteiger partial charge in [0.1, 0.15) is 5.82 Å². The summed E-state index contributed by atoms with van der Waals surface area (Å²) in [6.45, 7) is 5.65. The number of amides is 1. The zero-order valence-electron chi connectivity index (χ0n) is 16.3. The Morgan fingerprint density at radius 3 is 2.18 bits per heavy atom. The van der Waals surface area contributed by atoms with Gasteiger partial charge in [0.2, 0.25) is 5.91 Å². The van der Waals surface area contributed by atoms with E-state index in [0.29, 0.717) is 31.9 Å². The quantitative estimate of drug-likeness (QED) is 0.812. The molecule has 148 valence electrons. The van der Waals surface area contributed by atoms with E-state index in [-0.39, 0.29) is 17.6 Å². The number of anilines is 1. The van der Waals surface area contributed by atoms with E-state index in [9.17, 15) is 9.18 Å². The molecule has 0 unspecified atom stereocenters. The van der Waals surface area contributed by atoms with Gasteiger partial charge in [0.05, 0.1) is 5.69 Å². The van der Waals surface area contributed by atoms with Crippen LogP contribution in [0.15, 0.2) is 54.6 Å². The van der Waals surface area contributed by atoms with Crippen molar-refractivity contribution in [2.24, 2.45) is 5.92 Å². The van der Waals surface area contributed by atoms with Crippen LogP contribution in [0.1, 0.15) is 18.4 Å². The minimum Gasteiger partial charge on any atom is -0.366 e. The standard InChI is InChI=1S/C23H28FN3O/c24-21-8-4-5-9-22(21)26-14-16-27(17-15-26)23(28)20-10-12-25(13-11-20)18-19-6-2-1-3-7-19/h1-9,20H,10-18H2. The van der Waals surface area contributed by atoms with Gasteiger partial charge in [-0.2, -0.15) is 0 Å². The Bertz CT molecular complexity index is 781. The number of rotatable bonds is 4. The number of carbonyl (C=O) groups is 1. The molecule has 0 spiro atoms. The molecule has 0 radical (unpaired) electrons. The summed E-state index contributed by atoms with van der Waals surface area (Å²) >= 11 is 0. The second-order valence-electron chi connectivity index (χ2n) is 7.80. The van der Waals surface area contributed by atoms with Crippen LogP contribution < -0.4 is 4.90 Å². The van der Waals surface area contributed by atoms with E-state index in [2.05, 4.69) is 29.2 Å². The number of nitrogens with zero attached hydrogens (tertiary/aromatic N) is 3. The number of likely N-dealkylation sites (tertiary alicyclic amines) is 1. The molecule has 1 amide bonds. The number of carbonyl (C=O) groups excluding carboxylic acids is 1. The number of halogens is 1. The number of para-hydroxylation sites is 1. The van der Waals surface area contributed by atoms with Gasteiger partial charge in [-0.15, -0.1) is 0 Å². The smallest absolute Gasteiger partial charge is 0.225 e. The molecule has 2 aromatic rings. The number of hydrogen-bond donors (Lipinski definition) is 0. The van der Waals surface area contributed by atoms with E-state index in [1.54, 1.807) is 6.07 Å². The van der Waals surface area contributed by atoms with Crippen molar-refractivity contribution in [3.8, 4) is 0 Å². The highest BCUT2D eigenvalue weighted by molar-refractivity contribution is 5.79. The monoisotopic (exact) mass is 381 g/mol. The molecule has 4 rings (SSSR count). The van der Waals surface area contributed by atoms with Crippen LogP contribution in [-0.2, 0) is 11.3 Å². The number of hydrogen-bond acceptors (Lipinski definition) is 3. The third kappa shape index (κ3) is 4.36. The molecule has 2 heterocycles. The highest BCUT2D eigenvalue weighted by Crippen LogP contribution is 2.24. The topological polar surface area (TPSA) is 26.8 Å². The zero-order valence-corrected chi connectivity index (χ0v) is 16.3. The molecule has 0 aromatic heterocycles. The Labute approximate surface area is 166 Å². The van der Waals surface area contributed by atoms with Crippen LogP contribution in [0.4, 0.5) is 10.1 Å². The van der Waals surface area contributed by atoms with E-state index in [1.165, 1.54) is 11.6 Å². The van der Waals surface area contributed by atoms with E-state index in [0.717, 1.165) is 32.5 Å². The third-order valence-corrected chi connectivity index (χ3v) is 5.97. The lowest BCUT2D eigenvalue weighted by Crippen LogP contribution is -2.51. The third-order valence-electron chi connectivity index (χ3n) is 5.97. The molecule has 0 N–H and O–H groups in total. The summed E-state index contributed by atoms with van der Waals surface area (Å²) in [4.78, 5) is 19.4. The summed E-state index contributed by atoms with van der Waals surface area (Å²) in [7, 11) is 0. The van der Waals surface area contributed by atoms with Gasteiger partial charge in [-0.05, 0) is 43.6 Å². The summed E-state index contributed by atoms with van der Waals surface area (Å²) < 4.78 is 14.0. The number of piperidine rings is 1. The highest BCUT2D eigenvalue weighted by atomic mass is 19.1. The second-order valence-corrected chi connectivity index (χ2v) is 7.80. The van der Waals surface area contributed by atoms with Crippen LogP contribution in [0.2, 0.25) is 0 Å². The lowest BCUT2D eigenvalue weighted by atomic mass is 9.94. The largest absolute Gasteiger partial charge is 0.366 e. The molecular weight excluding hydrogens is 353 g/mol. The molecule has 2 aromatic carbocycles. The van der Waals surface area contributed by atoms with Crippen molar-refractivity contribution in [1.82, 2.24) is 9.80 Å².